The summed E-state index contributed by atoms with van der Waals surface area (Å²) in [5.41, 5.74) is 2.32. The number of aryl methyl sites for hydroxylation is 1. The van der Waals surface area contributed by atoms with E-state index in [0.717, 1.165) is 49.4 Å². The number of rotatable bonds is 4. The van der Waals surface area contributed by atoms with Crippen molar-refractivity contribution in [2.75, 3.05) is 18.4 Å². The highest BCUT2D eigenvalue weighted by Crippen LogP contribution is 2.29. The molecule has 2 aliphatic heterocycles. The molecule has 1 unspecified atom stereocenters. The summed E-state index contributed by atoms with van der Waals surface area (Å²) in [5, 5.41) is 15.7. The molecule has 2 amide bonds. The van der Waals surface area contributed by atoms with E-state index in [2.05, 4.69) is 30.2 Å². The third-order valence-corrected chi connectivity index (χ3v) is 6.58. The van der Waals surface area contributed by atoms with Gasteiger partial charge in [0.05, 0.1) is 5.92 Å². The van der Waals surface area contributed by atoms with Gasteiger partial charge in [0.1, 0.15) is 11.6 Å². The average Bonchev–Trinajstić information content (AvgIpc) is 3.62. The van der Waals surface area contributed by atoms with Gasteiger partial charge in [0.2, 0.25) is 11.7 Å². The smallest absolute Gasteiger partial charge is 0.321 e. The van der Waals surface area contributed by atoms with Crippen LogP contribution in [0.3, 0.4) is 0 Å². The number of piperidine rings is 1. The largest absolute Gasteiger partial charge is 0.339 e. The zero-order chi connectivity index (χ0) is 23.8. The summed E-state index contributed by atoms with van der Waals surface area (Å²) in [7, 11) is 0. The Hall–Kier alpha value is -4.08. The van der Waals surface area contributed by atoms with E-state index in [1.54, 1.807) is 17.0 Å². The van der Waals surface area contributed by atoms with E-state index < -0.39 is 0 Å². The summed E-state index contributed by atoms with van der Waals surface area (Å²) in [5.74, 6) is 2.38. The molecule has 35 heavy (non-hydrogen) atoms. The molecule has 4 heterocycles. The van der Waals surface area contributed by atoms with Crippen LogP contribution in [0, 0.1) is 5.82 Å². The molecule has 0 aliphatic carbocycles. The second-order valence-corrected chi connectivity index (χ2v) is 8.95. The van der Waals surface area contributed by atoms with Gasteiger partial charge >= 0.3 is 6.03 Å². The van der Waals surface area contributed by atoms with Crippen LogP contribution in [-0.2, 0) is 13.0 Å². The number of aromatic nitrogens is 5. The number of amides is 2. The fourth-order valence-electron chi connectivity index (χ4n) is 4.78. The molecular weight excluding hydrogens is 449 g/mol. The predicted molar refractivity (Wildman–Crippen MR) is 126 cm³/mol. The Balaban J connectivity index is 1.14. The highest BCUT2D eigenvalue weighted by molar-refractivity contribution is 5.90. The number of halogens is 1. The maximum atomic E-state index is 13.2. The van der Waals surface area contributed by atoms with Crippen molar-refractivity contribution >= 4 is 11.7 Å². The van der Waals surface area contributed by atoms with Gasteiger partial charge in [-0.15, -0.1) is 10.2 Å². The van der Waals surface area contributed by atoms with Crippen LogP contribution in [0.15, 0.2) is 53.1 Å². The Bertz CT molecular complexity index is 1360. The number of nitrogens with one attached hydrogen (secondary N) is 1. The van der Waals surface area contributed by atoms with E-state index in [4.69, 9.17) is 4.52 Å². The molecule has 0 saturated carbocycles. The number of likely N-dealkylation sites (tertiary alicyclic amines) is 1. The molecule has 6 rings (SSSR count). The normalized spacial score (nSPS) is 17.4. The summed E-state index contributed by atoms with van der Waals surface area (Å²) in [4.78, 5) is 19.3. The number of hydrogen-bond donors (Lipinski definition) is 1. The second kappa shape index (κ2) is 8.94. The lowest BCUT2D eigenvalue weighted by Crippen LogP contribution is -2.41. The lowest BCUT2D eigenvalue weighted by atomic mass is 9.98. The molecule has 0 radical (unpaired) electrons. The number of carbonyl (C=O) groups excluding carboxylic acids is 1. The van der Waals surface area contributed by atoms with E-state index >= 15 is 0 Å². The molecule has 178 valence electrons. The minimum Gasteiger partial charge on any atom is -0.339 e. The Morgan fingerprint density at radius 1 is 1.06 bits per heavy atom. The van der Waals surface area contributed by atoms with Crippen molar-refractivity contribution in [3.05, 3.63) is 66.1 Å². The van der Waals surface area contributed by atoms with Gasteiger partial charge in [0.25, 0.3) is 0 Å². The monoisotopic (exact) mass is 473 g/mol. The van der Waals surface area contributed by atoms with Gasteiger partial charge in [-0.2, -0.15) is 4.98 Å². The number of anilines is 1. The van der Waals surface area contributed by atoms with E-state index in [1.165, 1.54) is 12.1 Å². The average molecular weight is 474 g/mol. The molecule has 2 aliphatic rings. The first-order valence-electron chi connectivity index (χ1n) is 11.8. The molecule has 1 atom stereocenters. The first-order valence-corrected chi connectivity index (χ1v) is 11.8. The minimum absolute atomic E-state index is 0.0545. The summed E-state index contributed by atoms with van der Waals surface area (Å²) in [6.45, 7) is 2.05. The van der Waals surface area contributed by atoms with E-state index in [1.807, 2.05) is 24.3 Å². The van der Waals surface area contributed by atoms with Crippen LogP contribution in [0.4, 0.5) is 14.9 Å². The van der Waals surface area contributed by atoms with Crippen molar-refractivity contribution < 1.29 is 13.7 Å². The van der Waals surface area contributed by atoms with Crippen LogP contribution in [-0.4, -0.2) is 48.9 Å². The van der Waals surface area contributed by atoms with Gasteiger partial charge in [-0.05, 0) is 55.7 Å². The quantitative estimate of drug-likeness (QED) is 0.469. The summed E-state index contributed by atoms with van der Waals surface area (Å²) in [6, 6.07) is 13.5. The molecule has 10 heteroatoms. The molecule has 1 fully saturated rings. The number of nitrogens with zero attached hydrogens (tertiary/aromatic N) is 6. The number of benzene rings is 2. The summed E-state index contributed by atoms with van der Waals surface area (Å²) < 4.78 is 20.8. The first-order chi connectivity index (χ1) is 17.1. The van der Waals surface area contributed by atoms with Crippen molar-refractivity contribution in [1.29, 1.82) is 0 Å². The topological polar surface area (TPSA) is 102 Å². The fourth-order valence-corrected chi connectivity index (χ4v) is 4.78. The van der Waals surface area contributed by atoms with Crippen LogP contribution < -0.4 is 5.32 Å². The zero-order valence-corrected chi connectivity index (χ0v) is 19.0. The summed E-state index contributed by atoms with van der Waals surface area (Å²) in [6.07, 6.45) is 3.71. The van der Waals surface area contributed by atoms with Crippen molar-refractivity contribution in [1.82, 2.24) is 29.8 Å². The Morgan fingerprint density at radius 3 is 2.83 bits per heavy atom. The number of fused-ring (bicyclic) bond motifs is 1. The lowest BCUT2D eigenvalue weighted by Gasteiger charge is -2.31. The molecule has 0 spiro atoms. The Kier molecular flexibility index (Phi) is 5.48. The SMILES string of the molecule is O=C(Nc1cccc(-c2nnc3n2CCC3)c1)N1CCCC(c2nc(-c3ccc(F)cc3)no2)C1. The van der Waals surface area contributed by atoms with Gasteiger partial charge in [-0.25, -0.2) is 9.18 Å². The van der Waals surface area contributed by atoms with Gasteiger partial charge in [0, 0.05) is 42.9 Å². The zero-order valence-electron chi connectivity index (χ0n) is 19.0. The number of hydrogen-bond acceptors (Lipinski definition) is 6. The maximum Gasteiger partial charge on any atom is 0.321 e. The van der Waals surface area contributed by atoms with E-state index in [9.17, 15) is 9.18 Å². The predicted octanol–water partition coefficient (Wildman–Crippen LogP) is 4.49. The summed E-state index contributed by atoms with van der Waals surface area (Å²) >= 11 is 0. The number of carbonyl (C=O) groups is 1. The van der Waals surface area contributed by atoms with Crippen LogP contribution in [0.2, 0.25) is 0 Å². The van der Waals surface area contributed by atoms with Gasteiger partial charge in [0.15, 0.2) is 5.82 Å². The Morgan fingerprint density at radius 2 is 1.94 bits per heavy atom. The third kappa shape index (κ3) is 4.27. The van der Waals surface area contributed by atoms with Crippen molar-refractivity contribution in [3.8, 4) is 22.8 Å². The van der Waals surface area contributed by atoms with Gasteiger partial charge in [-0.3, -0.25) is 0 Å². The van der Waals surface area contributed by atoms with Crippen LogP contribution >= 0.6 is 0 Å². The molecule has 2 aromatic carbocycles. The standard InChI is InChI=1S/C25H24FN7O2/c26-19-10-8-16(9-11-19)22-28-24(35-31-22)18-5-2-12-32(15-18)25(34)27-20-6-1-4-17(14-20)23-30-29-21-7-3-13-33(21)23/h1,4,6,8-11,14,18H,2-3,5,7,12-13,15H2,(H,27,34). The third-order valence-electron chi connectivity index (χ3n) is 6.58. The van der Waals surface area contributed by atoms with Crippen LogP contribution in [0.5, 0.6) is 0 Å². The molecule has 1 saturated heterocycles. The first kappa shape index (κ1) is 21.5. The number of urea groups is 1. The van der Waals surface area contributed by atoms with Gasteiger partial charge in [-0.1, -0.05) is 17.3 Å². The molecule has 4 aromatic rings. The van der Waals surface area contributed by atoms with Crippen LogP contribution in [0.25, 0.3) is 22.8 Å². The van der Waals surface area contributed by atoms with Gasteiger partial charge < -0.3 is 19.3 Å². The van der Waals surface area contributed by atoms with E-state index in [0.29, 0.717) is 36.1 Å². The van der Waals surface area contributed by atoms with Crippen LogP contribution in [0.1, 0.15) is 36.9 Å². The lowest BCUT2D eigenvalue weighted by molar-refractivity contribution is 0.184. The minimum atomic E-state index is -0.317. The second-order valence-electron chi connectivity index (χ2n) is 8.95. The van der Waals surface area contributed by atoms with Crippen molar-refractivity contribution in [2.24, 2.45) is 0 Å². The molecular formula is C25H24FN7O2. The Labute approximate surface area is 201 Å². The highest BCUT2D eigenvalue weighted by Gasteiger charge is 2.29. The fraction of sp³-hybridized carbons (Fsp3) is 0.320. The van der Waals surface area contributed by atoms with Crippen molar-refractivity contribution in [2.45, 2.75) is 38.1 Å². The molecule has 0 bridgehead atoms. The molecule has 2 aromatic heterocycles. The molecule has 9 nitrogen and oxygen atoms in total. The maximum absolute atomic E-state index is 13.2. The van der Waals surface area contributed by atoms with E-state index in [-0.39, 0.29) is 17.8 Å². The highest BCUT2D eigenvalue weighted by atomic mass is 19.1. The van der Waals surface area contributed by atoms with Crippen molar-refractivity contribution in [3.63, 3.8) is 0 Å². The molecule has 1 N–H and O–H groups in total.